The maximum atomic E-state index is 10.0. The SMILES string of the molecule is Br.NCC1=C(c2cccc(O)c2)CCc2c1ccc(O)c2O. The van der Waals surface area contributed by atoms with E-state index in [0.717, 1.165) is 27.8 Å². The molecule has 0 bridgehead atoms. The first-order chi connectivity index (χ1) is 10.1. The van der Waals surface area contributed by atoms with Crippen LogP contribution in [-0.4, -0.2) is 21.9 Å². The number of benzene rings is 2. The van der Waals surface area contributed by atoms with Crippen LogP contribution in [0.2, 0.25) is 0 Å². The van der Waals surface area contributed by atoms with Gasteiger partial charge in [-0.05, 0) is 53.3 Å². The average molecular weight is 364 g/mol. The Labute approximate surface area is 139 Å². The average Bonchev–Trinajstić information content (AvgIpc) is 2.50. The van der Waals surface area contributed by atoms with E-state index in [4.69, 9.17) is 5.73 Å². The molecule has 0 saturated heterocycles. The summed E-state index contributed by atoms with van der Waals surface area (Å²) in [4.78, 5) is 0. The van der Waals surface area contributed by atoms with Crippen LogP contribution >= 0.6 is 17.0 Å². The highest BCUT2D eigenvalue weighted by atomic mass is 79.9. The van der Waals surface area contributed by atoms with E-state index >= 15 is 0 Å². The number of phenols is 3. The number of hydrogen-bond donors (Lipinski definition) is 4. The van der Waals surface area contributed by atoms with E-state index in [-0.39, 0.29) is 34.2 Å². The summed E-state index contributed by atoms with van der Waals surface area (Å²) in [7, 11) is 0. The third kappa shape index (κ3) is 2.69. The second-order valence-corrected chi connectivity index (χ2v) is 5.17. The van der Waals surface area contributed by atoms with Gasteiger partial charge < -0.3 is 21.1 Å². The van der Waals surface area contributed by atoms with Crippen LogP contribution in [0.25, 0.3) is 11.1 Å². The number of aromatic hydroxyl groups is 3. The summed E-state index contributed by atoms with van der Waals surface area (Å²) in [6, 6.07) is 10.4. The molecule has 3 rings (SSSR count). The lowest BCUT2D eigenvalue weighted by molar-refractivity contribution is 0.399. The molecule has 0 spiro atoms. The lowest BCUT2D eigenvalue weighted by Gasteiger charge is -2.24. The molecule has 0 fully saturated rings. The number of hydrogen-bond acceptors (Lipinski definition) is 4. The number of nitrogens with two attached hydrogens (primary N) is 1. The summed E-state index contributed by atoms with van der Waals surface area (Å²) in [5.41, 5.74) is 10.5. The van der Waals surface area contributed by atoms with Crippen LogP contribution in [0.4, 0.5) is 0 Å². The third-order valence-electron chi connectivity index (χ3n) is 3.97. The predicted molar refractivity (Wildman–Crippen MR) is 92.4 cm³/mol. The Morgan fingerprint density at radius 3 is 2.45 bits per heavy atom. The molecule has 1 aliphatic carbocycles. The molecule has 22 heavy (non-hydrogen) atoms. The predicted octanol–water partition coefficient (Wildman–Crippen LogP) is 3.20. The second-order valence-electron chi connectivity index (χ2n) is 5.17. The Bertz CT molecular complexity index is 741. The van der Waals surface area contributed by atoms with Crippen LogP contribution in [-0.2, 0) is 6.42 Å². The fourth-order valence-corrected chi connectivity index (χ4v) is 2.97. The van der Waals surface area contributed by atoms with E-state index in [1.807, 2.05) is 6.07 Å². The Kier molecular flexibility index (Phi) is 4.78. The van der Waals surface area contributed by atoms with Crippen molar-refractivity contribution < 1.29 is 15.3 Å². The molecule has 5 N–H and O–H groups in total. The largest absolute Gasteiger partial charge is 0.508 e. The molecule has 5 heteroatoms. The Balaban J connectivity index is 0.00000176. The van der Waals surface area contributed by atoms with Gasteiger partial charge in [0.25, 0.3) is 0 Å². The molecule has 2 aromatic carbocycles. The van der Waals surface area contributed by atoms with Gasteiger partial charge in [0, 0.05) is 12.1 Å². The van der Waals surface area contributed by atoms with Crippen molar-refractivity contribution in [2.24, 2.45) is 5.73 Å². The van der Waals surface area contributed by atoms with Crippen LogP contribution in [0.15, 0.2) is 36.4 Å². The molecule has 0 saturated carbocycles. The fourth-order valence-electron chi connectivity index (χ4n) is 2.97. The van der Waals surface area contributed by atoms with E-state index in [1.54, 1.807) is 24.3 Å². The van der Waals surface area contributed by atoms with E-state index < -0.39 is 0 Å². The standard InChI is InChI=1S/C17H17NO3.BrH/c18-9-15-12(10-2-1-3-11(19)8-10)4-5-14-13(15)6-7-16(20)17(14)21;/h1-3,6-8,19-21H,4-5,9,18H2;1H. The number of fused-ring (bicyclic) bond motifs is 1. The first-order valence-corrected chi connectivity index (χ1v) is 6.87. The summed E-state index contributed by atoms with van der Waals surface area (Å²) in [5.74, 6) is 0.0510. The summed E-state index contributed by atoms with van der Waals surface area (Å²) < 4.78 is 0. The van der Waals surface area contributed by atoms with E-state index in [0.29, 0.717) is 19.4 Å². The van der Waals surface area contributed by atoms with Gasteiger partial charge >= 0.3 is 0 Å². The van der Waals surface area contributed by atoms with Gasteiger partial charge in [-0.15, -0.1) is 17.0 Å². The third-order valence-corrected chi connectivity index (χ3v) is 3.97. The molecule has 1 aliphatic rings. The molecule has 2 aromatic rings. The molecule has 0 atom stereocenters. The first-order valence-electron chi connectivity index (χ1n) is 6.87. The zero-order valence-corrected chi connectivity index (χ0v) is 13.6. The Hall–Kier alpha value is -1.98. The molecule has 0 aromatic heterocycles. The normalized spacial score (nSPS) is 13.5. The number of rotatable bonds is 2. The van der Waals surface area contributed by atoms with Crippen LogP contribution in [0, 0.1) is 0 Å². The topological polar surface area (TPSA) is 86.7 Å². The molecular formula is C17H18BrNO3. The van der Waals surface area contributed by atoms with Crippen molar-refractivity contribution in [3.63, 3.8) is 0 Å². The molecule has 0 aliphatic heterocycles. The van der Waals surface area contributed by atoms with Crippen molar-refractivity contribution >= 4 is 28.1 Å². The lowest BCUT2D eigenvalue weighted by atomic mass is 9.82. The maximum Gasteiger partial charge on any atom is 0.161 e. The zero-order valence-electron chi connectivity index (χ0n) is 11.9. The van der Waals surface area contributed by atoms with Gasteiger partial charge in [0.05, 0.1) is 0 Å². The monoisotopic (exact) mass is 363 g/mol. The number of phenolic OH excluding ortho intramolecular Hbond substituents is 3. The zero-order chi connectivity index (χ0) is 15.0. The van der Waals surface area contributed by atoms with Crippen LogP contribution in [0.3, 0.4) is 0 Å². The summed E-state index contributed by atoms with van der Waals surface area (Å²) in [5, 5.41) is 29.3. The minimum atomic E-state index is -0.106. The van der Waals surface area contributed by atoms with Crippen molar-refractivity contribution in [3.8, 4) is 17.2 Å². The number of allylic oxidation sites excluding steroid dienone is 1. The van der Waals surface area contributed by atoms with Crippen molar-refractivity contribution in [1.82, 2.24) is 0 Å². The molecule has 0 radical (unpaired) electrons. The molecule has 0 unspecified atom stereocenters. The van der Waals surface area contributed by atoms with Gasteiger partial charge in [0.2, 0.25) is 0 Å². The van der Waals surface area contributed by atoms with Gasteiger partial charge in [0.15, 0.2) is 11.5 Å². The van der Waals surface area contributed by atoms with Gasteiger partial charge in [-0.1, -0.05) is 18.2 Å². The van der Waals surface area contributed by atoms with Gasteiger partial charge in [-0.25, -0.2) is 0 Å². The van der Waals surface area contributed by atoms with Crippen molar-refractivity contribution in [2.75, 3.05) is 6.54 Å². The van der Waals surface area contributed by atoms with Crippen molar-refractivity contribution in [1.29, 1.82) is 0 Å². The molecular weight excluding hydrogens is 346 g/mol. The summed E-state index contributed by atoms with van der Waals surface area (Å²) in [6.07, 6.45) is 1.34. The minimum Gasteiger partial charge on any atom is -0.508 e. The molecule has 0 amide bonds. The van der Waals surface area contributed by atoms with Crippen LogP contribution in [0.5, 0.6) is 17.2 Å². The molecule has 0 heterocycles. The second kappa shape index (κ2) is 6.42. The summed E-state index contributed by atoms with van der Waals surface area (Å²) in [6.45, 7) is 0.336. The molecule has 116 valence electrons. The highest BCUT2D eigenvalue weighted by Crippen LogP contribution is 2.43. The fraction of sp³-hybridized carbons (Fsp3) is 0.176. The minimum absolute atomic E-state index is 0. The van der Waals surface area contributed by atoms with Crippen LogP contribution in [0.1, 0.15) is 23.1 Å². The quantitative estimate of drug-likeness (QED) is 0.617. The van der Waals surface area contributed by atoms with E-state index in [2.05, 4.69) is 0 Å². The van der Waals surface area contributed by atoms with E-state index in [9.17, 15) is 15.3 Å². The lowest BCUT2D eigenvalue weighted by Crippen LogP contribution is -2.12. The van der Waals surface area contributed by atoms with Crippen LogP contribution < -0.4 is 5.73 Å². The van der Waals surface area contributed by atoms with E-state index in [1.165, 1.54) is 6.07 Å². The Morgan fingerprint density at radius 2 is 1.77 bits per heavy atom. The van der Waals surface area contributed by atoms with Crippen molar-refractivity contribution in [3.05, 3.63) is 53.1 Å². The maximum absolute atomic E-state index is 10.0. The highest BCUT2D eigenvalue weighted by molar-refractivity contribution is 8.93. The highest BCUT2D eigenvalue weighted by Gasteiger charge is 2.23. The number of halogens is 1. The Morgan fingerprint density at radius 1 is 1.00 bits per heavy atom. The molecule has 4 nitrogen and oxygen atoms in total. The first kappa shape index (κ1) is 16.4. The van der Waals surface area contributed by atoms with Gasteiger partial charge in [-0.3, -0.25) is 0 Å². The van der Waals surface area contributed by atoms with Gasteiger partial charge in [-0.2, -0.15) is 0 Å². The van der Waals surface area contributed by atoms with Crippen molar-refractivity contribution in [2.45, 2.75) is 12.8 Å². The smallest absolute Gasteiger partial charge is 0.161 e. The van der Waals surface area contributed by atoms with Gasteiger partial charge in [0.1, 0.15) is 5.75 Å². The summed E-state index contributed by atoms with van der Waals surface area (Å²) >= 11 is 0.